The number of benzene rings is 3. The Morgan fingerprint density at radius 1 is 0.828 bits per heavy atom. The van der Waals surface area contributed by atoms with Gasteiger partial charge in [-0.3, -0.25) is 9.59 Å². The van der Waals surface area contributed by atoms with Crippen molar-refractivity contribution in [1.82, 2.24) is 40.4 Å². The molecule has 3 aliphatic rings. The number of alkyl carbamates (subject to hydrolysis) is 2. The highest BCUT2D eigenvalue weighted by Crippen LogP contribution is 2.44. The number of rotatable bonds is 13. The molecule has 4 N–H and O–H groups in total. The van der Waals surface area contributed by atoms with Crippen molar-refractivity contribution in [2.75, 3.05) is 41.0 Å². The number of likely N-dealkylation sites (tertiary alicyclic amines) is 2. The third kappa shape index (κ3) is 8.47. The van der Waals surface area contributed by atoms with E-state index >= 15 is 0 Å². The lowest BCUT2D eigenvalue weighted by Crippen LogP contribution is -2.51. The van der Waals surface area contributed by atoms with Crippen molar-refractivity contribution in [2.24, 2.45) is 23.7 Å². The zero-order valence-electron chi connectivity index (χ0n) is 37.9. The molecule has 5 heterocycles. The number of amides is 4. The molecule has 2 aromatic heterocycles. The van der Waals surface area contributed by atoms with Gasteiger partial charge in [-0.2, -0.15) is 0 Å². The van der Waals surface area contributed by atoms with E-state index < -0.39 is 24.3 Å². The first-order valence-corrected chi connectivity index (χ1v) is 22.4. The van der Waals surface area contributed by atoms with Gasteiger partial charge in [-0.05, 0) is 76.9 Å². The monoisotopic (exact) mass is 876 g/mol. The zero-order chi connectivity index (χ0) is 45.4. The Hall–Kier alpha value is -6.16. The molecule has 3 unspecified atom stereocenters. The molecular weight excluding hydrogens is 817 g/mol. The number of hydrogen-bond donors (Lipinski definition) is 4. The SMILES string of the molecule is CCC(C)[C@H](NC(=O)OC)C(=O)N1C[C@@H](C)CC1c1ncc(-c2ccc3c(c2)COc2cc4c(ccc5nc([C@@H]6C[C@H](COC)CN6C(=O)[C@@H](NC(=O)OC)C(C)CC)[nH]c54)cc2-3)[nH]1. The minimum absolute atomic E-state index is 0.0791. The molecule has 5 aromatic rings. The number of H-pyrrole nitrogens is 2. The van der Waals surface area contributed by atoms with Crippen molar-refractivity contribution in [3.8, 4) is 28.1 Å². The van der Waals surface area contributed by atoms with Gasteiger partial charge in [0.2, 0.25) is 11.8 Å². The molecular formula is C48H60N8O8. The van der Waals surface area contributed by atoms with E-state index in [1.54, 1.807) is 7.11 Å². The summed E-state index contributed by atoms with van der Waals surface area (Å²) >= 11 is 0. The summed E-state index contributed by atoms with van der Waals surface area (Å²) in [6.07, 6.45) is 3.38. The van der Waals surface area contributed by atoms with E-state index in [9.17, 15) is 19.2 Å². The number of hydrogen-bond acceptors (Lipinski definition) is 10. The molecule has 0 saturated carbocycles. The molecule has 0 radical (unpaired) electrons. The Morgan fingerprint density at radius 3 is 2.16 bits per heavy atom. The Kier molecular flexibility index (Phi) is 12.9. The molecule has 16 nitrogen and oxygen atoms in total. The van der Waals surface area contributed by atoms with Crippen LogP contribution in [0.25, 0.3) is 44.2 Å². The van der Waals surface area contributed by atoms with Gasteiger partial charge in [-0.25, -0.2) is 19.6 Å². The number of carbonyl (C=O) groups excluding carboxylic acids is 4. The van der Waals surface area contributed by atoms with Crippen LogP contribution in [-0.4, -0.2) is 107 Å². The minimum Gasteiger partial charge on any atom is -0.488 e. The standard InChI is InChI=1S/C48H60N8O8/c1-9-26(4)40(53-47(59)62-7)45(57)55-21-25(3)15-37(55)43-49-20-36(51-43)30-11-13-32-31(17-30)24-64-39-19-33-29(18-34(32)39)12-14-35-42(33)52-44(50-35)38-16-28(23-61-6)22-56(38)46(58)41(27(5)10-2)54-48(60)63-8/h11-14,17-20,25-28,37-38,40-41H,9-10,15-16,21-24H2,1-8H3,(H,49,51)(H,50,52)(H,53,59)(H,54,60)/t25-,26?,27?,28-,37?,38-,40-,41-/m0/s1. The molecule has 4 amide bonds. The van der Waals surface area contributed by atoms with E-state index in [0.717, 1.165) is 68.3 Å². The van der Waals surface area contributed by atoms with Crippen molar-refractivity contribution in [3.05, 3.63) is 65.9 Å². The molecule has 0 spiro atoms. The van der Waals surface area contributed by atoms with Crippen LogP contribution in [0.2, 0.25) is 0 Å². The quantitative estimate of drug-likeness (QED) is 0.0913. The highest BCUT2D eigenvalue weighted by atomic mass is 16.5. The predicted octanol–water partition coefficient (Wildman–Crippen LogP) is 7.65. The van der Waals surface area contributed by atoms with Crippen LogP contribution in [0.4, 0.5) is 9.59 Å². The summed E-state index contributed by atoms with van der Waals surface area (Å²) in [4.78, 5) is 73.4. The number of aromatic nitrogens is 4. The van der Waals surface area contributed by atoms with Gasteiger partial charge in [0.1, 0.15) is 36.1 Å². The number of imidazole rings is 2. The van der Waals surface area contributed by atoms with E-state index in [4.69, 9.17) is 28.9 Å². The maximum atomic E-state index is 14.2. The van der Waals surface area contributed by atoms with Crippen molar-refractivity contribution in [1.29, 1.82) is 0 Å². The molecule has 8 rings (SSSR count). The summed E-state index contributed by atoms with van der Waals surface area (Å²) < 4.78 is 21.7. The Bertz CT molecular complexity index is 2550. The van der Waals surface area contributed by atoms with Crippen molar-refractivity contribution in [2.45, 2.75) is 91.1 Å². The minimum atomic E-state index is -0.748. The van der Waals surface area contributed by atoms with E-state index in [-0.39, 0.29) is 47.6 Å². The van der Waals surface area contributed by atoms with Crippen LogP contribution in [-0.2, 0) is 30.4 Å². The fourth-order valence-corrected chi connectivity index (χ4v) is 9.72. The van der Waals surface area contributed by atoms with Crippen LogP contribution in [0.1, 0.15) is 89.6 Å². The third-order valence-electron chi connectivity index (χ3n) is 13.7. The summed E-state index contributed by atoms with van der Waals surface area (Å²) in [6.45, 7) is 11.9. The second-order valence-electron chi connectivity index (χ2n) is 17.9. The highest BCUT2D eigenvalue weighted by Gasteiger charge is 2.43. The molecule has 3 aliphatic heterocycles. The predicted molar refractivity (Wildman–Crippen MR) is 241 cm³/mol. The normalized spacial score (nSPS) is 21.1. The van der Waals surface area contributed by atoms with E-state index in [2.05, 4.69) is 63.9 Å². The molecule has 16 heteroatoms. The van der Waals surface area contributed by atoms with Gasteiger partial charge >= 0.3 is 12.2 Å². The Labute approximate surface area is 373 Å². The topological polar surface area (TPSA) is 193 Å². The maximum Gasteiger partial charge on any atom is 0.407 e. The van der Waals surface area contributed by atoms with Crippen LogP contribution in [0.3, 0.4) is 0 Å². The molecule has 0 aliphatic carbocycles. The summed E-state index contributed by atoms with van der Waals surface area (Å²) in [6, 6.07) is 12.6. The first-order valence-electron chi connectivity index (χ1n) is 22.4. The van der Waals surface area contributed by atoms with Gasteiger partial charge < -0.3 is 49.3 Å². The van der Waals surface area contributed by atoms with Gasteiger partial charge in [0.05, 0.1) is 55.8 Å². The summed E-state index contributed by atoms with van der Waals surface area (Å²) in [7, 11) is 4.26. The lowest BCUT2D eigenvalue weighted by molar-refractivity contribution is -0.136. The van der Waals surface area contributed by atoms with Gasteiger partial charge in [-0.1, -0.05) is 65.7 Å². The zero-order valence-corrected chi connectivity index (χ0v) is 37.9. The van der Waals surface area contributed by atoms with Gasteiger partial charge in [-0.15, -0.1) is 0 Å². The molecule has 340 valence electrons. The second-order valence-corrected chi connectivity index (χ2v) is 17.9. The third-order valence-corrected chi connectivity index (χ3v) is 13.7. The van der Waals surface area contributed by atoms with Gasteiger partial charge in [0.25, 0.3) is 0 Å². The number of nitrogens with one attached hydrogen (secondary N) is 4. The number of nitrogens with zero attached hydrogens (tertiary/aromatic N) is 4. The fraction of sp³-hybridized carbons (Fsp3) is 0.500. The lowest BCUT2D eigenvalue weighted by Gasteiger charge is -2.30. The van der Waals surface area contributed by atoms with Gasteiger partial charge in [0.15, 0.2) is 0 Å². The van der Waals surface area contributed by atoms with Crippen molar-refractivity contribution in [3.63, 3.8) is 0 Å². The smallest absolute Gasteiger partial charge is 0.407 e. The van der Waals surface area contributed by atoms with Crippen molar-refractivity contribution < 1.29 is 38.1 Å². The number of ether oxygens (including phenoxy) is 4. The van der Waals surface area contributed by atoms with Crippen LogP contribution >= 0.6 is 0 Å². The Morgan fingerprint density at radius 2 is 1.50 bits per heavy atom. The summed E-state index contributed by atoms with van der Waals surface area (Å²) in [5, 5.41) is 7.53. The van der Waals surface area contributed by atoms with E-state index in [1.807, 2.05) is 49.8 Å². The number of methoxy groups -OCH3 is 3. The van der Waals surface area contributed by atoms with E-state index in [1.165, 1.54) is 14.2 Å². The average Bonchev–Trinajstić information content (AvgIpc) is 4.14. The fourth-order valence-electron chi connectivity index (χ4n) is 9.72. The first-order chi connectivity index (χ1) is 30.8. The average molecular weight is 877 g/mol. The van der Waals surface area contributed by atoms with Gasteiger partial charge in [0, 0.05) is 37.1 Å². The Balaban J connectivity index is 1.05. The van der Waals surface area contributed by atoms with E-state index in [0.29, 0.717) is 50.8 Å². The van der Waals surface area contributed by atoms with Crippen LogP contribution in [0.15, 0.2) is 48.7 Å². The number of carbonyl (C=O) groups is 4. The molecule has 0 bridgehead atoms. The first kappa shape index (κ1) is 44.4. The summed E-state index contributed by atoms with van der Waals surface area (Å²) in [5.41, 5.74) is 6.53. The maximum absolute atomic E-state index is 14.2. The molecule has 64 heavy (non-hydrogen) atoms. The van der Waals surface area contributed by atoms with Crippen molar-refractivity contribution >= 4 is 45.8 Å². The van der Waals surface area contributed by atoms with Crippen LogP contribution in [0.5, 0.6) is 5.75 Å². The molecule has 8 atom stereocenters. The molecule has 2 fully saturated rings. The largest absolute Gasteiger partial charge is 0.488 e. The van der Waals surface area contributed by atoms with Crippen LogP contribution < -0.4 is 15.4 Å². The summed E-state index contributed by atoms with van der Waals surface area (Å²) in [5.74, 6) is 2.01. The number of aromatic amines is 2. The lowest BCUT2D eigenvalue weighted by atomic mass is 9.92. The second kappa shape index (κ2) is 18.5. The number of fused-ring (bicyclic) bond motifs is 6. The highest BCUT2D eigenvalue weighted by molar-refractivity contribution is 6.07. The van der Waals surface area contributed by atoms with Crippen LogP contribution in [0, 0.1) is 23.7 Å². The molecule has 3 aromatic carbocycles. The molecule has 2 saturated heterocycles.